The van der Waals surface area contributed by atoms with E-state index in [4.69, 9.17) is 0 Å². The second-order valence-electron chi connectivity index (χ2n) is 4.57. The van der Waals surface area contributed by atoms with Gasteiger partial charge in [-0.05, 0) is 26.0 Å². The van der Waals surface area contributed by atoms with Gasteiger partial charge in [0, 0.05) is 19.5 Å². The van der Waals surface area contributed by atoms with Crippen LogP contribution in [0.2, 0.25) is 0 Å². The van der Waals surface area contributed by atoms with Crippen LogP contribution >= 0.6 is 0 Å². The van der Waals surface area contributed by atoms with Crippen LogP contribution in [0.5, 0.6) is 0 Å². The van der Waals surface area contributed by atoms with Gasteiger partial charge in [0.05, 0.1) is 22.4 Å². The molecule has 0 unspecified atom stereocenters. The summed E-state index contributed by atoms with van der Waals surface area (Å²) < 4.78 is 0. The van der Waals surface area contributed by atoms with E-state index in [0.717, 1.165) is 30.0 Å². The number of H-pyrrole nitrogens is 2. The van der Waals surface area contributed by atoms with Crippen molar-refractivity contribution in [3.8, 4) is 0 Å². The maximum Gasteiger partial charge on any atom is 0.323 e. The first kappa shape index (κ1) is 14.2. The Morgan fingerprint density at radius 2 is 1.75 bits per heavy atom. The Labute approximate surface area is 117 Å². The third-order valence-corrected chi connectivity index (χ3v) is 3.33. The number of rotatable bonds is 5. The maximum atomic E-state index is 11.7. The molecule has 108 valence electrons. The highest BCUT2D eigenvalue weighted by Crippen LogP contribution is 2.29. The number of aromatic amines is 2. The van der Waals surface area contributed by atoms with Crippen molar-refractivity contribution < 1.29 is 4.79 Å². The van der Waals surface area contributed by atoms with Crippen LogP contribution in [-0.2, 0) is 4.79 Å². The molecule has 0 spiro atoms. The highest BCUT2D eigenvalue weighted by Gasteiger charge is 2.13. The molecule has 2 aromatic rings. The number of hydrogen-bond acceptors (Lipinski definition) is 3. The fourth-order valence-corrected chi connectivity index (χ4v) is 2.24. The van der Waals surface area contributed by atoms with Crippen molar-refractivity contribution >= 4 is 28.3 Å². The van der Waals surface area contributed by atoms with Gasteiger partial charge in [0.1, 0.15) is 0 Å². The van der Waals surface area contributed by atoms with Crippen molar-refractivity contribution in [2.24, 2.45) is 0 Å². The first-order valence-electron chi connectivity index (χ1n) is 6.89. The van der Waals surface area contributed by atoms with Crippen molar-refractivity contribution in [2.45, 2.75) is 27.2 Å². The van der Waals surface area contributed by atoms with Gasteiger partial charge in [-0.25, -0.2) is 4.79 Å². The van der Waals surface area contributed by atoms with Crippen LogP contribution in [0.1, 0.15) is 27.2 Å². The minimum absolute atomic E-state index is 0.0457. The molecule has 0 aliphatic heterocycles. The molecule has 0 radical (unpaired) electrons. The summed E-state index contributed by atoms with van der Waals surface area (Å²) in [6, 6.07) is 3.69. The van der Waals surface area contributed by atoms with E-state index in [1.165, 1.54) is 0 Å². The van der Waals surface area contributed by atoms with E-state index in [1.54, 1.807) is 6.07 Å². The highest BCUT2D eigenvalue weighted by molar-refractivity contribution is 5.98. The number of carbonyl (C=O) groups excluding carboxylic acids is 1. The molecule has 20 heavy (non-hydrogen) atoms. The summed E-state index contributed by atoms with van der Waals surface area (Å²) in [4.78, 5) is 30.6. The number of nitrogens with one attached hydrogen (secondary N) is 3. The molecule has 0 fully saturated rings. The first-order chi connectivity index (χ1) is 9.58. The molecule has 6 nitrogen and oxygen atoms in total. The smallest absolute Gasteiger partial charge is 0.323 e. The summed E-state index contributed by atoms with van der Waals surface area (Å²) in [5.74, 6) is -0.0457. The highest BCUT2D eigenvalue weighted by atomic mass is 16.1. The zero-order valence-electron chi connectivity index (χ0n) is 12.0. The van der Waals surface area contributed by atoms with Crippen LogP contribution in [0.3, 0.4) is 0 Å². The van der Waals surface area contributed by atoms with Gasteiger partial charge >= 0.3 is 5.69 Å². The SMILES string of the molecule is CCC(=O)Nc1cc2[nH]c(=O)[nH]c2cc1N(CC)CC. The van der Waals surface area contributed by atoms with E-state index in [1.807, 2.05) is 13.0 Å². The normalized spacial score (nSPS) is 10.8. The molecule has 0 bridgehead atoms. The maximum absolute atomic E-state index is 11.7. The minimum Gasteiger partial charge on any atom is -0.370 e. The quantitative estimate of drug-likeness (QED) is 0.781. The first-order valence-corrected chi connectivity index (χ1v) is 6.89. The summed E-state index contributed by atoms with van der Waals surface area (Å²) in [5, 5.41) is 2.89. The largest absolute Gasteiger partial charge is 0.370 e. The lowest BCUT2D eigenvalue weighted by molar-refractivity contribution is -0.115. The molecule has 0 aliphatic carbocycles. The molecule has 0 saturated heterocycles. The topological polar surface area (TPSA) is 81.0 Å². The average Bonchev–Trinajstić information content (AvgIpc) is 2.79. The van der Waals surface area contributed by atoms with Gasteiger partial charge in [-0.3, -0.25) is 4.79 Å². The molecular formula is C14H20N4O2. The number of imidazole rings is 1. The lowest BCUT2D eigenvalue weighted by Crippen LogP contribution is -2.24. The molecule has 1 heterocycles. The number of carbonyl (C=O) groups is 1. The standard InChI is InChI=1S/C14H20N4O2/c1-4-13(19)15-11-7-9-10(17-14(20)16-9)8-12(11)18(5-2)6-3/h7-8H,4-6H2,1-3H3,(H,15,19)(H2,16,17,20). The van der Waals surface area contributed by atoms with Crippen LogP contribution in [0.25, 0.3) is 11.0 Å². The van der Waals surface area contributed by atoms with E-state index in [9.17, 15) is 9.59 Å². The minimum atomic E-state index is -0.246. The number of nitrogens with zero attached hydrogens (tertiary/aromatic N) is 1. The number of anilines is 2. The Balaban J connectivity index is 2.57. The van der Waals surface area contributed by atoms with E-state index in [0.29, 0.717) is 11.9 Å². The molecule has 2 rings (SSSR count). The molecule has 1 aromatic heterocycles. The van der Waals surface area contributed by atoms with Crippen LogP contribution in [0.15, 0.2) is 16.9 Å². The van der Waals surface area contributed by atoms with Gasteiger partial charge in [-0.1, -0.05) is 6.92 Å². The molecule has 0 atom stereocenters. The lowest BCUT2D eigenvalue weighted by Gasteiger charge is -2.24. The van der Waals surface area contributed by atoms with Crippen molar-refractivity contribution in [3.63, 3.8) is 0 Å². The van der Waals surface area contributed by atoms with Crippen molar-refractivity contribution in [1.82, 2.24) is 9.97 Å². The van der Waals surface area contributed by atoms with E-state index in [2.05, 4.69) is 34.0 Å². The molecule has 6 heteroatoms. The monoisotopic (exact) mass is 276 g/mol. The average molecular weight is 276 g/mol. The van der Waals surface area contributed by atoms with E-state index < -0.39 is 0 Å². The molecule has 0 aliphatic rings. The zero-order valence-corrected chi connectivity index (χ0v) is 12.0. The Kier molecular flexibility index (Phi) is 4.12. The van der Waals surface area contributed by atoms with Crippen LogP contribution in [0.4, 0.5) is 11.4 Å². The van der Waals surface area contributed by atoms with Crippen molar-refractivity contribution in [1.29, 1.82) is 0 Å². The van der Waals surface area contributed by atoms with Gasteiger partial charge in [0.2, 0.25) is 5.91 Å². The van der Waals surface area contributed by atoms with Gasteiger partial charge < -0.3 is 20.2 Å². The summed E-state index contributed by atoms with van der Waals surface area (Å²) in [7, 11) is 0. The fraction of sp³-hybridized carbons (Fsp3) is 0.429. The number of aromatic nitrogens is 2. The van der Waals surface area contributed by atoms with Gasteiger partial charge in [0.15, 0.2) is 0 Å². The number of benzene rings is 1. The third kappa shape index (κ3) is 2.68. The van der Waals surface area contributed by atoms with Crippen LogP contribution in [0, 0.1) is 0 Å². The van der Waals surface area contributed by atoms with Crippen LogP contribution < -0.4 is 15.9 Å². The molecule has 3 N–H and O–H groups in total. The Morgan fingerprint density at radius 3 is 2.30 bits per heavy atom. The second-order valence-corrected chi connectivity index (χ2v) is 4.57. The molecular weight excluding hydrogens is 256 g/mol. The number of amides is 1. The lowest BCUT2D eigenvalue weighted by atomic mass is 10.2. The summed E-state index contributed by atoms with van der Waals surface area (Å²) >= 11 is 0. The third-order valence-electron chi connectivity index (χ3n) is 3.33. The fourth-order valence-electron chi connectivity index (χ4n) is 2.24. The number of hydrogen-bond donors (Lipinski definition) is 3. The van der Waals surface area contributed by atoms with Gasteiger partial charge in [0.25, 0.3) is 0 Å². The Morgan fingerprint density at radius 1 is 1.15 bits per heavy atom. The van der Waals surface area contributed by atoms with Gasteiger partial charge in [-0.2, -0.15) is 0 Å². The van der Waals surface area contributed by atoms with Crippen molar-refractivity contribution in [3.05, 3.63) is 22.6 Å². The Bertz CT molecular complexity index is 667. The molecule has 1 aromatic carbocycles. The zero-order chi connectivity index (χ0) is 14.7. The van der Waals surface area contributed by atoms with Crippen LogP contribution in [-0.4, -0.2) is 29.0 Å². The molecule has 1 amide bonds. The van der Waals surface area contributed by atoms with E-state index >= 15 is 0 Å². The second kappa shape index (κ2) is 5.81. The number of fused-ring (bicyclic) bond motifs is 1. The van der Waals surface area contributed by atoms with Gasteiger partial charge in [-0.15, -0.1) is 0 Å². The van der Waals surface area contributed by atoms with Crippen molar-refractivity contribution in [2.75, 3.05) is 23.3 Å². The Hall–Kier alpha value is -2.24. The summed E-state index contributed by atoms with van der Waals surface area (Å²) in [6.45, 7) is 7.57. The summed E-state index contributed by atoms with van der Waals surface area (Å²) in [6.07, 6.45) is 0.416. The predicted molar refractivity (Wildman–Crippen MR) is 81.4 cm³/mol. The summed E-state index contributed by atoms with van der Waals surface area (Å²) in [5.41, 5.74) is 2.83. The van der Waals surface area contributed by atoms with E-state index in [-0.39, 0.29) is 11.6 Å². The molecule has 0 saturated carbocycles. The predicted octanol–water partition coefficient (Wildman–Crippen LogP) is 2.05.